The van der Waals surface area contributed by atoms with Crippen molar-refractivity contribution in [2.75, 3.05) is 58.9 Å². The molecule has 2 aliphatic rings. The molecule has 2 saturated heterocycles. The van der Waals surface area contributed by atoms with Gasteiger partial charge in [-0.15, -0.1) is 0 Å². The number of amides is 1. The van der Waals surface area contributed by atoms with Crippen LogP contribution in [0.5, 0.6) is 0 Å². The summed E-state index contributed by atoms with van der Waals surface area (Å²) in [7, 11) is -3.43. The van der Waals surface area contributed by atoms with Gasteiger partial charge in [-0.05, 0) is 36.4 Å². The Hall–Kier alpha value is -2.26. The van der Waals surface area contributed by atoms with Crippen molar-refractivity contribution < 1.29 is 13.2 Å². The first-order valence-corrected chi connectivity index (χ1v) is 12.8. The van der Waals surface area contributed by atoms with E-state index in [1.807, 2.05) is 35.2 Å². The van der Waals surface area contributed by atoms with E-state index in [4.69, 9.17) is 0 Å². The molecule has 8 heteroatoms. The second kappa shape index (κ2) is 10.1. The van der Waals surface area contributed by atoms with Crippen molar-refractivity contribution in [2.45, 2.75) is 18.4 Å². The standard InChI is InChI=1S/C24H32N4O3S/c1-2-25-12-16-27(17-13-25)24(29)22-10-8-21(9-11-22)20-26-14-18-28(19-15-26)32(30,31)23-6-4-3-5-7-23/h3-11H,2,12-20H2,1H3. The number of nitrogens with zero attached hydrogens (tertiary/aromatic N) is 4. The van der Waals surface area contributed by atoms with Gasteiger partial charge in [-0.1, -0.05) is 37.3 Å². The average molecular weight is 457 g/mol. The summed E-state index contributed by atoms with van der Waals surface area (Å²) < 4.78 is 27.1. The number of carbonyl (C=O) groups excluding carboxylic acids is 1. The number of hydrogen-bond acceptors (Lipinski definition) is 5. The maximum absolute atomic E-state index is 12.8. The summed E-state index contributed by atoms with van der Waals surface area (Å²) in [4.78, 5) is 19.7. The summed E-state index contributed by atoms with van der Waals surface area (Å²) in [5.74, 6) is 0.104. The molecular weight excluding hydrogens is 424 g/mol. The SMILES string of the molecule is CCN1CCN(C(=O)c2ccc(CN3CCN(S(=O)(=O)c4ccccc4)CC3)cc2)CC1. The molecule has 0 atom stereocenters. The third kappa shape index (κ3) is 5.20. The molecule has 0 radical (unpaired) electrons. The molecule has 0 spiro atoms. The number of sulfonamides is 1. The molecule has 0 aromatic heterocycles. The zero-order valence-corrected chi connectivity index (χ0v) is 19.5. The topological polar surface area (TPSA) is 64.2 Å². The van der Waals surface area contributed by atoms with E-state index in [2.05, 4.69) is 16.7 Å². The van der Waals surface area contributed by atoms with Gasteiger partial charge in [0.2, 0.25) is 10.0 Å². The van der Waals surface area contributed by atoms with Gasteiger partial charge in [0.15, 0.2) is 0 Å². The van der Waals surface area contributed by atoms with Crippen LogP contribution in [0.2, 0.25) is 0 Å². The van der Waals surface area contributed by atoms with Crippen molar-refractivity contribution >= 4 is 15.9 Å². The summed E-state index contributed by atoms with van der Waals surface area (Å²) in [5.41, 5.74) is 1.87. The van der Waals surface area contributed by atoms with E-state index in [1.165, 1.54) is 0 Å². The second-order valence-electron chi connectivity index (χ2n) is 8.42. The molecule has 2 heterocycles. The summed E-state index contributed by atoms with van der Waals surface area (Å²) in [6.45, 7) is 9.72. The van der Waals surface area contributed by atoms with Gasteiger partial charge in [-0.3, -0.25) is 9.69 Å². The lowest BCUT2D eigenvalue weighted by molar-refractivity contribution is 0.0643. The molecule has 2 aromatic rings. The van der Waals surface area contributed by atoms with Crippen molar-refractivity contribution in [3.63, 3.8) is 0 Å². The van der Waals surface area contributed by atoms with Crippen LogP contribution in [-0.4, -0.2) is 92.2 Å². The molecular formula is C24H32N4O3S. The lowest BCUT2D eigenvalue weighted by Gasteiger charge is -2.34. The number of likely N-dealkylation sites (N-methyl/N-ethyl adjacent to an activating group) is 1. The Balaban J connectivity index is 1.29. The Bertz CT molecular complexity index is 995. The first-order chi connectivity index (χ1) is 15.5. The van der Waals surface area contributed by atoms with Gasteiger partial charge in [0, 0.05) is 64.5 Å². The molecule has 7 nitrogen and oxygen atoms in total. The number of hydrogen-bond donors (Lipinski definition) is 0. The average Bonchev–Trinajstić information content (AvgIpc) is 2.85. The van der Waals surface area contributed by atoms with Crippen molar-refractivity contribution in [1.29, 1.82) is 0 Å². The smallest absolute Gasteiger partial charge is 0.253 e. The van der Waals surface area contributed by atoms with E-state index in [9.17, 15) is 13.2 Å². The van der Waals surface area contributed by atoms with E-state index in [-0.39, 0.29) is 5.91 Å². The van der Waals surface area contributed by atoms with Gasteiger partial charge in [-0.2, -0.15) is 4.31 Å². The first kappa shape index (κ1) is 22.9. The van der Waals surface area contributed by atoms with Crippen LogP contribution in [0.3, 0.4) is 0 Å². The van der Waals surface area contributed by atoms with Crippen LogP contribution in [0.15, 0.2) is 59.5 Å². The molecule has 172 valence electrons. The quantitative estimate of drug-likeness (QED) is 0.665. The fraction of sp³-hybridized carbons (Fsp3) is 0.458. The summed E-state index contributed by atoms with van der Waals surface area (Å²) in [5, 5.41) is 0. The highest BCUT2D eigenvalue weighted by Gasteiger charge is 2.28. The van der Waals surface area contributed by atoms with Crippen LogP contribution in [0.25, 0.3) is 0 Å². The van der Waals surface area contributed by atoms with Crippen LogP contribution in [-0.2, 0) is 16.6 Å². The van der Waals surface area contributed by atoms with Crippen LogP contribution in [0.1, 0.15) is 22.8 Å². The van der Waals surface area contributed by atoms with Crippen LogP contribution < -0.4 is 0 Å². The second-order valence-corrected chi connectivity index (χ2v) is 10.4. The van der Waals surface area contributed by atoms with Gasteiger partial charge in [0.25, 0.3) is 5.91 Å². The maximum Gasteiger partial charge on any atom is 0.253 e. The molecule has 4 rings (SSSR count). The van der Waals surface area contributed by atoms with Gasteiger partial charge in [-0.25, -0.2) is 8.42 Å². The molecule has 2 fully saturated rings. The monoisotopic (exact) mass is 456 g/mol. The van der Waals surface area contributed by atoms with E-state index >= 15 is 0 Å². The zero-order chi connectivity index (χ0) is 22.6. The van der Waals surface area contributed by atoms with Gasteiger partial charge in [0.05, 0.1) is 4.90 Å². The number of rotatable bonds is 6. The van der Waals surface area contributed by atoms with Crippen LogP contribution in [0, 0.1) is 0 Å². The highest BCUT2D eigenvalue weighted by Crippen LogP contribution is 2.18. The molecule has 2 aromatic carbocycles. The Morgan fingerprint density at radius 3 is 1.97 bits per heavy atom. The molecule has 0 unspecified atom stereocenters. The normalized spacial score (nSPS) is 19.2. The highest BCUT2D eigenvalue weighted by molar-refractivity contribution is 7.89. The van der Waals surface area contributed by atoms with Crippen LogP contribution >= 0.6 is 0 Å². The fourth-order valence-electron chi connectivity index (χ4n) is 4.33. The van der Waals surface area contributed by atoms with E-state index in [0.717, 1.165) is 50.4 Å². The first-order valence-electron chi connectivity index (χ1n) is 11.4. The fourth-order valence-corrected chi connectivity index (χ4v) is 5.77. The Morgan fingerprint density at radius 1 is 0.781 bits per heavy atom. The highest BCUT2D eigenvalue weighted by atomic mass is 32.2. The molecule has 2 aliphatic heterocycles. The van der Waals surface area contributed by atoms with Crippen LogP contribution in [0.4, 0.5) is 0 Å². The molecule has 1 amide bonds. The minimum Gasteiger partial charge on any atom is -0.336 e. The molecule has 0 bridgehead atoms. The maximum atomic E-state index is 12.8. The minimum atomic E-state index is -3.43. The van der Waals surface area contributed by atoms with E-state index < -0.39 is 10.0 Å². The van der Waals surface area contributed by atoms with E-state index in [1.54, 1.807) is 28.6 Å². The lowest BCUT2D eigenvalue weighted by Crippen LogP contribution is -2.48. The molecule has 0 saturated carbocycles. The molecule has 0 aliphatic carbocycles. The van der Waals surface area contributed by atoms with Gasteiger partial charge >= 0.3 is 0 Å². The van der Waals surface area contributed by atoms with Crippen molar-refractivity contribution in [2.24, 2.45) is 0 Å². The van der Waals surface area contributed by atoms with Crippen molar-refractivity contribution in [3.8, 4) is 0 Å². The van der Waals surface area contributed by atoms with Crippen molar-refractivity contribution in [3.05, 3.63) is 65.7 Å². The third-order valence-corrected chi connectivity index (χ3v) is 8.34. The Morgan fingerprint density at radius 2 is 1.38 bits per heavy atom. The summed E-state index contributed by atoms with van der Waals surface area (Å²) in [6, 6.07) is 16.5. The summed E-state index contributed by atoms with van der Waals surface area (Å²) in [6.07, 6.45) is 0. The number of benzene rings is 2. The third-order valence-electron chi connectivity index (χ3n) is 6.43. The predicted octanol–water partition coefficient (Wildman–Crippen LogP) is 1.97. The number of piperazine rings is 2. The molecule has 0 N–H and O–H groups in total. The lowest BCUT2D eigenvalue weighted by atomic mass is 10.1. The Kier molecular flexibility index (Phi) is 7.25. The number of carbonyl (C=O) groups is 1. The largest absolute Gasteiger partial charge is 0.336 e. The molecule has 32 heavy (non-hydrogen) atoms. The Labute approximate surface area is 191 Å². The van der Waals surface area contributed by atoms with Crippen molar-refractivity contribution in [1.82, 2.24) is 19.0 Å². The summed E-state index contributed by atoms with van der Waals surface area (Å²) >= 11 is 0. The zero-order valence-electron chi connectivity index (χ0n) is 18.7. The van der Waals surface area contributed by atoms with Gasteiger partial charge in [0.1, 0.15) is 0 Å². The van der Waals surface area contributed by atoms with Gasteiger partial charge < -0.3 is 9.80 Å². The predicted molar refractivity (Wildman–Crippen MR) is 125 cm³/mol. The minimum absolute atomic E-state index is 0.104. The van der Waals surface area contributed by atoms with E-state index in [0.29, 0.717) is 31.1 Å².